The van der Waals surface area contributed by atoms with Crippen LogP contribution in [-0.4, -0.2) is 19.9 Å². The van der Waals surface area contributed by atoms with Crippen molar-refractivity contribution in [2.24, 2.45) is 5.92 Å². The highest BCUT2D eigenvalue weighted by molar-refractivity contribution is 14.2. The van der Waals surface area contributed by atoms with Crippen molar-refractivity contribution in [1.29, 1.82) is 0 Å². The second-order valence-electron chi connectivity index (χ2n) is 5.29. The summed E-state index contributed by atoms with van der Waals surface area (Å²) >= 11 is 0.309. The topological polar surface area (TPSA) is 49.3 Å². The van der Waals surface area contributed by atoms with Crippen LogP contribution in [0, 0.1) is 5.92 Å². The minimum absolute atomic E-state index is 0.153. The number of phenolic OH excluding ortho intramolecular Hbond substituents is 1. The smallest absolute Gasteiger partial charge is 0.227 e. The molecule has 1 radical (unpaired) electrons. The molecule has 1 aromatic rings. The van der Waals surface area contributed by atoms with E-state index in [1.54, 1.807) is 24.3 Å². The van der Waals surface area contributed by atoms with Crippen molar-refractivity contribution in [2.45, 2.75) is 38.5 Å². The molecule has 0 bridgehead atoms. The molecular formula is C16H23INO2. The zero-order valence-electron chi connectivity index (χ0n) is 11.8. The molecule has 2 N–H and O–H groups in total. The van der Waals surface area contributed by atoms with Crippen molar-refractivity contribution < 1.29 is 9.90 Å². The predicted octanol–water partition coefficient (Wildman–Crippen LogP) is 4.27. The van der Waals surface area contributed by atoms with Crippen LogP contribution in [0.3, 0.4) is 0 Å². The Morgan fingerprint density at radius 2 is 1.80 bits per heavy atom. The molecule has 0 aromatic heterocycles. The van der Waals surface area contributed by atoms with Gasteiger partial charge >= 0.3 is 0 Å². The van der Waals surface area contributed by atoms with Crippen molar-refractivity contribution in [3.8, 4) is 5.75 Å². The molecule has 0 spiro atoms. The van der Waals surface area contributed by atoms with Gasteiger partial charge in [-0.1, -0.05) is 19.3 Å². The molecule has 2 rings (SSSR count). The maximum absolute atomic E-state index is 12.4. The number of hydrogen-bond donors (Lipinski definition) is 2. The van der Waals surface area contributed by atoms with Crippen LogP contribution >= 0.6 is 21.2 Å². The van der Waals surface area contributed by atoms with Crippen LogP contribution in [0.25, 0.3) is 0 Å². The summed E-state index contributed by atoms with van der Waals surface area (Å²) in [5, 5.41) is 12.2. The molecule has 20 heavy (non-hydrogen) atoms. The SMILES string of the molecule is O=C(Nc1ccc(O)cc1)C1CCCCCC[I]CC1. The van der Waals surface area contributed by atoms with Gasteiger partial charge in [0.15, 0.2) is 0 Å². The number of anilines is 1. The molecule has 1 aliphatic rings. The number of benzene rings is 1. The molecule has 1 aliphatic heterocycles. The second-order valence-corrected chi connectivity index (χ2v) is 8.53. The van der Waals surface area contributed by atoms with Crippen molar-refractivity contribution in [2.75, 3.05) is 14.2 Å². The number of carbonyl (C=O) groups excluding carboxylic acids is 1. The van der Waals surface area contributed by atoms with Crippen LogP contribution in [0.4, 0.5) is 5.69 Å². The summed E-state index contributed by atoms with van der Waals surface area (Å²) in [6.45, 7) is 0. The monoisotopic (exact) mass is 388 g/mol. The van der Waals surface area contributed by atoms with Gasteiger partial charge in [0.1, 0.15) is 5.75 Å². The van der Waals surface area contributed by atoms with E-state index in [1.165, 1.54) is 34.5 Å². The van der Waals surface area contributed by atoms with Crippen LogP contribution < -0.4 is 5.32 Å². The Morgan fingerprint density at radius 3 is 2.60 bits per heavy atom. The van der Waals surface area contributed by atoms with E-state index >= 15 is 0 Å². The molecule has 1 heterocycles. The van der Waals surface area contributed by atoms with Crippen molar-refractivity contribution in [3.63, 3.8) is 0 Å². The Hall–Kier alpha value is -0.780. The minimum atomic E-state index is 0.153. The number of halogens is 1. The van der Waals surface area contributed by atoms with Gasteiger partial charge in [-0.3, -0.25) is 4.79 Å². The highest BCUT2D eigenvalue weighted by Gasteiger charge is 2.18. The first-order valence-corrected chi connectivity index (χ1v) is 10.4. The van der Waals surface area contributed by atoms with E-state index in [0.717, 1.165) is 18.5 Å². The highest BCUT2D eigenvalue weighted by Crippen LogP contribution is 2.25. The summed E-state index contributed by atoms with van der Waals surface area (Å²) in [6.07, 6.45) is 7.26. The number of hydrogen-bond acceptors (Lipinski definition) is 2. The maximum atomic E-state index is 12.4. The van der Waals surface area contributed by atoms with Gasteiger partial charge < -0.3 is 10.4 Å². The van der Waals surface area contributed by atoms with Crippen molar-refractivity contribution >= 4 is 32.8 Å². The van der Waals surface area contributed by atoms with E-state index in [0.29, 0.717) is 21.2 Å². The lowest BCUT2D eigenvalue weighted by Crippen LogP contribution is -2.23. The molecule has 0 aliphatic carbocycles. The Morgan fingerprint density at radius 1 is 1.05 bits per heavy atom. The van der Waals surface area contributed by atoms with E-state index in [9.17, 15) is 9.90 Å². The van der Waals surface area contributed by atoms with Crippen LogP contribution in [0.1, 0.15) is 38.5 Å². The lowest BCUT2D eigenvalue weighted by atomic mass is 9.97. The van der Waals surface area contributed by atoms with Gasteiger partial charge in [0.2, 0.25) is 5.91 Å². The molecule has 111 valence electrons. The molecule has 1 aromatic carbocycles. The lowest BCUT2D eigenvalue weighted by Gasteiger charge is -2.18. The van der Waals surface area contributed by atoms with Crippen molar-refractivity contribution in [1.82, 2.24) is 0 Å². The van der Waals surface area contributed by atoms with Gasteiger partial charge in [-0.2, -0.15) is 21.2 Å². The number of nitrogens with one attached hydrogen (secondary N) is 1. The van der Waals surface area contributed by atoms with Crippen LogP contribution in [-0.2, 0) is 4.79 Å². The lowest BCUT2D eigenvalue weighted by molar-refractivity contribution is -0.120. The first-order valence-electron chi connectivity index (χ1n) is 7.39. The van der Waals surface area contributed by atoms with Gasteiger partial charge in [-0.25, -0.2) is 0 Å². The Balaban J connectivity index is 1.89. The molecule has 3 nitrogen and oxygen atoms in total. The Kier molecular flexibility index (Phi) is 6.63. The van der Waals surface area contributed by atoms with E-state index in [2.05, 4.69) is 5.32 Å². The minimum Gasteiger partial charge on any atom is -0.508 e. The van der Waals surface area contributed by atoms with Crippen LogP contribution in [0.2, 0.25) is 0 Å². The van der Waals surface area contributed by atoms with Gasteiger partial charge in [-0.15, -0.1) is 0 Å². The normalized spacial score (nSPS) is 21.1. The quantitative estimate of drug-likeness (QED) is 0.452. The summed E-state index contributed by atoms with van der Waals surface area (Å²) < 4.78 is 2.69. The van der Waals surface area contributed by atoms with Gasteiger partial charge in [0, 0.05) is 11.6 Å². The number of amides is 1. The number of carbonyl (C=O) groups is 1. The molecular weight excluding hydrogens is 365 g/mol. The van der Waals surface area contributed by atoms with E-state index in [1.807, 2.05) is 0 Å². The van der Waals surface area contributed by atoms with E-state index in [4.69, 9.17) is 0 Å². The Labute approximate surface area is 131 Å². The number of alkyl halides is 2. The van der Waals surface area contributed by atoms with Crippen LogP contribution in [0.5, 0.6) is 5.75 Å². The van der Waals surface area contributed by atoms with Gasteiger partial charge in [-0.05, 0) is 52.4 Å². The summed E-state index contributed by atoms with van der Waals surface area (Å²) in [5.41, 5.74) is 0.777. The summed E-state index contributed by atoms with van der Waals surface area (Å²) in [7, 11) is 0. The fourth-order valence-corrected chi connectivity index (χ4v) is 5.24. The Bertz CT molecular complexity index is 409. The standard InChI is InChI=1S/C16H23INO2/c19-15-8-6-14(7-9-15)18-16(20)13-5-3-1-2-4-11-17-12-10-13/h6-9,13,19H,1-5,10-12H2,(H,18,20). The summed E-state index contributed by atoms with van der Waals surface area (Å²) in [4.78, 5) is 12.4. The zero-order valence-corrected chi connectivity index (χ0v) is 13.9. The number of aromatic hydroxyl groups is 1. The van der Waals surface area contributed by atoms with Gasteiger partial charge in [0.05, 0.1) is 0 Å². The largest absolute Gasteiger partial charge is 0.508 e. The van der Waals surface area contributed by atoms with Gasteiger partial charge in [0.25, 0.3) is 0 Å². The third kappa shape index (κ3) is 5.31. The molecule has 1 unspecified atom stereocenters. The molecule has 0 saturated carbocycles. The predicted molar refractivity (Wildman–Crippen MR) is 91.7 cm³/mol. The maximum Gasteiger partial charge on any atom is 0.227 e. The highest BCUT2D eigenvalue weighted by atomic mass is 127. The van der Waals surface area contributed by atoms with E-state index < -0.39 is 0 Å². The summed E-state index contributed by atoms with van der Waals surface area (Å²) in [6, 6.07) is 6.71. The molecule has 1 saturated heterocycles. The summed E-state index contributed by atoms with van der Waals surface area (Å²) in [5.74, 6) is 0.549. The number of phenols is 1. The molecule has 1 fully saturated rings. The average Bonchev–Trinajstić information content (AvgIpc) is 2.47. The first kappa shape index (κ1) is 15.6. The molecule has 4 heteroatoms. The fraction of sp³-hybridized carbons (Fsp3) is 0.562. The molecule has 1 atom stereocenters. The second kappa shape index (κ2) is 8.49. The fourth-order valence-electron chi connectivity index (χ4n) is 2.43. The third-order valence-electron chi connectivity index (χ3n) is 3.67. The first-order chi connectivity index (χ1) is 9.75. The van der Waals surface area contributed by atoms with E-state index in [-0.39, 0.29) is 17.6 Å². The average molecular weight is 388 g/mol. The van der Waals surface area contributed by atoms with Crippen LogP contribution in [0.15, 0.2) is 24.3 Å². The molecule has 1 amide bonds. The van der Waals surface area contributed by atoms with Crippen molar-refractivity contribution in [3.05, 3.63) is 24.3 Å². The zero-order chi connectivity index (χ0) is 14.2. The number of rotatable bonds is 2. The third-order valence-corrected chi connectivity index (χ3v) is 6.58.